The van der Waals surface area contributed by atoms with E-state index in [-0.39, 0.29) is 10.8 Å². The first-order valence-corrected chi connectivity index (χ1v) is 11.5. The number of thioether (sulfide) groups is 1. The zero-order valence-electron chi connectivity index (χ0n) is 16.3. The van der Waals surface area contributed by atoms with E-state index >= 15 is 0 Å². The van der Waals surface area contributed by atoms with E-state index in [1.807, 2.05) is 0 Å². The Bertz CT molecular complexity index is 1000. The highest BCUT2D eigenvalue weighted by atomic mass is 32.2. The maximum absolute atomic E-state index is 12.6. The van der Waals surface area contributed by atoms with E-state index in [4.69, 9.17) is 10.5 Å². The molecule has 1 aliphatic rings. The maximum Gasteiger partial charge on any atom is 0.248 e. The van der Waals surface area contributed by atoms with Gasteiger partial charge in [-0.15, -0.1) is 0 Å². The molecule has 9 nitrogen and oxygen atoms in total. The number of nitrogens with zero attached hydrogens (tertiary/aromatic N) is 2. The highest BCUT2D eigenvalue weighted by molar-refractivity contribution is 8.00. The van der Waals surface area contributed by atoms with E-state index in [1.165, 1.54) is 40.5 Å². The molecule has 2 heterocycles. The lowest BCUT2D eigenvalue weighted by molar-refractivity contribution is -0.115. The van der Waals surface area contributed by atoms with Crippen molar-refractivity contribution in [1.29, 1.82) is 0 Å². The Morgan fingerprint density at radius 3 is 2.40 bits per heavy atom. The van der Waals surface area contributed by atoms with Crippen molar-refractivity contribution in [2.45, 2.75) is 22.1 Å². The molecule has 1 fully saturated rings. The molecule has 1 atom stereocenters. The van der Waals surface area contributed by atoms with Crippen LogP contribution in [0.4, 0.5) is 5.69 Å². The summed E-state index contributed by atoms with van der Waals surface area (Å²) < 4.78 is 31.8. The highest BCUT2D eigenvalue weighted by Crippen LogP contribution is 2.24. The first kappa shape index (κ1) is 22.2. The summed E-state index contributed by atoms with van der Waals surface area (Å²) in [6, 6.07) is 9.34. The number of morpholine rings is 1. The van der Waals surface area contributed by atoms with Gasteiger partial charge in [-0.05, 0) is 43.3 Å². The first-order valence-electron chi connectivity index (χ1n) is 9.19. The van der Waals surface area contributed by atoms with E-state index in [9.17, 15) is 18.0 Å². The van der Waals surface area contributed by atoms with Crippen LogP contribution < -0.4 is 11.1 Å². The quantitative estimate of drug-likeness (QED) is 0.608. The van der Waals surface area contributed by atoms with Crippen molar-refractivity contribution >= 4 is 39.3 Å². The Labute approximate surface area is 179 Å². The van der Waals surface area contributed by atoms with Crippen LogP contribution in [-0.2, 0) is 19.6 Å². The van der Waals surface area contributed by atoms with Gasteiger partial charge in [0.05, 0.1) is 23.5 Å². The first-order chi connectivity index (χ1) is 14.3. The topological polar surface area (TPSA) is 132 Å². The molecule has 0 aliphatic carbocycles. The largest absolute Gasteiger partial charge is 0.379 e. The smallest absolute Gasteiger partial charge is 0.248 e. The fourth-order valence-electron chi connectivity index (χ4n) is 2.72. The molecular weight excluding hydrogens is 428 g/mol. The third-order valence-corrected chi connectivity index (χ3v) is 7.35. The van der Waals surface area contributed by atoms with Crippen LogP contribution in [0.1, 0.15) is 17.3 Å². The molecule has 0 radical (unpaired) electrons. The zero-order chi connectivity index (χ0) is 21.7. The highest BCUT2D eigenvalue weighted by Gasteiger charge is 2.26. The number of nitrogens with two attached hydrogens (primary N) is 1. The fraction of sp³-hybridized carbons (Fsp3) is 0.316. The summed E-state index contributed by atoms with van der Waals surface area (Å²) in [5.74, 6) is -0.791. The third kappa shape index (κ3) is 5.36. The Balaban J connectivity index is 1.60. The molecule has 3 N–H and O–H groups in total. The monoisotopic (exact) mass is 450 g/mol. The molecule has 2 aromatic rings. The number of aromatic nitrogens is 1. The van der Waals surface area contributed by atoms with E-state index < -0.39 is 21.2 Å². The molecule has 11 heteroatoms. The Kier molecular flexibility index (Phi) is 7.08. The number of nitrogens with one attached hydrogen (secondary N) is 1. The number of primary amides is 1. The van der Waals surface area contributed by atoms with Crippen LogP contribution in [0.15, 0.2) is 52.5 Å². The molecule has 0 saturated carbocycles. The molecule has 0 unspecified atom stereocenters. The van der Waals surface area contributed by atoms with Crippen LogP contribution in [0.25, 0.3) is 0 Å². The number of amides is 2. The molecular formula is C19H22N4O5S2. The Morgan fingerprint density at radius 2 is 1.83 bits per heavy atom. The van der Waals surface area contributed by atoms with Crippen LogP contribution in [0, 0.1) is 0 Å². The predicted molar refractivity (Wildman–Crippen MR) is 113 cm³/mol. The van der Waals surface area contributed by atoms with E-state index in [0.29, 0.717) is 42.6 Å². The number of pyridine rings is 1. The number of rotatable bonds is 7. The lowest BCUT2D eigenvalue weighted by atomic mass is 10.2. The summed E-state index contributed by atoms with van der Waals surface area (Å²) >= 11 is 1.21. The van der Waals surface area contributed by atoms with Gasteiger partial charge in [-0.1, -0.05) is 11.8 Å². The average Bonchev–Trinajstić information content (AvgIpc) is 2.75. The minimum absolute atomic E-state index is 0.111. The number of carbonyl (C=O) groups excluding carboxylic acids is 2. The maximum atomic E-state index is 12.6. The molecule has 1 aliphatic heterocycles. The SMILES string of the molecule is C[C@H](Sc1ccc(S(=O)(=O)N2CCOCC2)cn1)C(=O)Nc1ccc(C(N)=O)cc1. The van der Waals surface area contributed by atoms with Gasteiger partial charge in [-0.3, -0.25) is 9.59 Å². The van der Waals surface area contributed by atoms with Crippen LogP contribution in [0.3, 0.4) is 0 Å². The summed E-state index contributed by atoms with van der Waals surface area (Å²) in [5, 5.41) is 2.81. The van der Waals surface area contributed by atoms with Gasteiger partial charge in [0.15, 0.2) is 0 Å². The minimum Gasteiger partial charge on any atom is -0.379 e. The van der Waals surface area contributed by atoms with Crippen molar-refractivity contribution in [1.82, 2.24) is 9.29 Å². The second-order valence-corrected chi connectivity index (χ2v) is 9.84. The second kappa shape index (κ2) is 9.56. The molecule has 1 aromatic carbocycles. The molecule has 30 heavy (non-hydrogen) atoms. The van der Waals surface area contributed by atoms with Gasteiger partial charge in [0.25, 0.3) is 0 Å². The number of hydrogen-bond donors (Lipinski definition) is 2. The molecule has 2 amide bonds. The van der Waals surface area contributed by atoms with Crippen molar-refractivity contribution in [3.8, 4) is 0 Å². The van der Waals surface area contributed by atoms with Gasteiger partial charge in [0.1, 0.15) is 4.90 Å². The second-order valence-electron chi connectivity index (χ2n) is 6.54. The van der Waals surface area contributed by atoms with Gasteiger partial charge in [-0.25, -0.2) is 13.4 Å². The Morgan fingerprint density at radius 1 is 1.17 bits per heavy atom. The van der Waals surface area contributed by atoms with Crippen molar-refractivity contribution in [2.75, 3.05) is 31.6 Å². The zero-order valence-corrected chi connectivity index (χ0v) is 17.9. The molecule has 3 rings (SSSR count). The molecule has 0 bridgehead atoms. The molecule has 0 spiro atoms. The van der Waals surface area contributed by atoms with Gasteiger partial charge in [0, 0.05) is 30.5 Å². The summed E-state index contributed by atoms with van der Waals surface area (Å²) in [5.41, 5.74) is 6.09. The standard InChI is InChI=1S/C19H22N4O5S2/c1-13(19(25)22-15-4-2-14(3-5-15)18(20)24)29-17-7-6-16(12-21-17)30(26,27)23-8-10-28-11-9-23/h2-7,12-13H,8-11H2,1H3,(H2,20,24)(H,22,25)/t13-/m0/s1. The van der Waals surface area contributed by atoms with E-state index in [0.717, 1.165) is 0 Å². The predicted octanol–water partition coefficient (Wildman–Crippen LogP) is 1.32. The summed E-state index contributed by atoms with van der Waals surface area (Å²) in [7, 11) is -3.60. The minimum atomic E-state index is -3.60. The summed E-state index contributed by atoms with van der Waals surface area (Å²) in [4.78, 5) is 27.8. The lowest BCUT2D eigenvalue weighted by Gasteiger charge is -2.25. The summed E-state index contributed by atoms with van der Waals surface area (Å²) in [6.45, 7) is 3.10. The van der Waals surface area contributed by atoms with Gasteiger partial charge < -0.3 is 15.8 Å². The number of benzene rings is 1. The van der Waals surface area contributed by atoms with Crippen molar-refractivity contribution in [3.05, 3.63) is 48.2 Å². The number of ether oxygens (including phenoxy) is 1. The van der Waals surface area contributed by atoms with E-state index in [1.54, 1.807) is 25.1 Å². The summed E-state index contributed by atoms with van der Waals surface area (Å²) in [6.07, 6.45) is 1.31. The number of sulfonamides is 1. The number of carbonyl (C=O) groups is 2. The van der Waals surface area contributed by atoms with Crippen LogP contribution in [0.2, 0.25) is 0 Å². The normalized spacial score (nSPS) is 16.0. The van der Waals surface area contributed by atoms with Crippen LogP contribution in [0.5, 0.6) is 0 Å². The molecule has 1 saturated heterocycles. The Hall–Kier alpha value is -2.47. The lowest BCUT2D eigenvalue weighted by Crippen LogP contribution is -2.40. The van der Waals surface area contributed by atoms with Crippen molar-refractivity contribution in [2.24, 2.45) is 5.73 Å². The fourth-order valence-corrected chi connectivity index (χ4v) is 4.86. The molecule has 160 valence electrons. The molecule has 1 aromatic heterocycles. The van der Waals surface area contributed by atoms with Crippen molar-refractivity contribution in [3.63, 3.8) is 0 Å². The van der Waals surface area contributed by atoms with Gasteiger partial charge in [0.2, 0.25) is 21.8 Å². The van der Waals surface area contributed by atoms with Gasteiger partial charge >= 0.3 is 0 Å². The van der Waals surface area contributed by atoms with Crippen LogP contribution in [-0.4, -0.2) is 61.1 Å². The van der Waals surface area contributed by atoms with Gasteiger partial charge in [-0.2, -0.15) is 4.31 Å². The van der Waals surface area contributed by atoms with Crippen molar-refractivity contribution < 1.29 is 22.7 Å². The third-order valence-electron chi connectivity index (χ3n) is 4.42. The number of hydrogen-bond acceptors (Lipinski definition) is 7. The average molecular weight is 451 g/mol. The number of anilines is 1. The van der Waals surface area contributed by atoms with E-state index in [2.05, 4.69) is 10.3 Å². The van der Waals surface area contributed by atoms with Crippen LogP contribution >= 0.6 is 11.8 Å².